The number of rotatable bonds is 1. The summed E-state index contributed by atoms with van der Waals surface area (Å²) in [4.78, 5) is 23.1. The van der Waals surface area contributed by atoms with E-state index in [4.69, 9.17) is 9.47 Å². The SMILES string of the molecule is CC(=O)O[C@H]1CC2=C(C)C(=O)O[C@@H]2/C=C(\C)CC/C=C/1C. The van der Waals surface area contributed by atoms with Crippen molar-refractivity contribution in [3.05, 3.63) is 34.4 Å². The van der Waals surface area contributed by atoms with Gasteiger partial charge in [-0.1, -0.05) is 11.6 Å². The Labute approximate surface area is 125 Å². The number of hydrogen-bond acceptors (Lipinski definition) is 4. The van der Waals surface area contributed by atoms with Crippen molar-refractivity contribution in [2.75, 3.05) is 0 Å². The van der Waals surface area contributed by atoms with E-state index in [1.165, 1.54) is 12.5 Å². The van der Waals surface area contributed by atoms with Gasteiger partial charge in [0.15, 0.2) is 0 Å². The van der Waals surface area contributed by atoms with Gasteiger partial charge in [-0.15, -0.1) is 0 Å². The molecule has 4 nitrogen and oxygen atoms in total. The van der Waals surface area contributed by atoms with Crippen molar-refractivity contribution in [2.24, 2.45) is 0 Å². The Morgan fingerprint density at radius 1 is 1.33 bits per heavy atom. The molecule has 2 rings (SSSR count). The largest absolute Gasteiger partial charge is 0.458 e. The van der Waals surface area contributed by atoms with E-state index in [-0.39, 0.29) is 24.1 Å². The van der Waals surface area contributed by atoms with Crippen LogP contribution in [0.1, 0.15) is 47.0 Å². The molecule has 0 unspecified atom stereocenters. The van der Waals surface area contributed by atoms with Crippen molar-refractivity contribution < 1.29 is 19.1 Å². The highest BCUT2D eigenvalue weighted by atomic mass is 16.6. The van der Waals surface area contributed by atoms with Crippen LogP contribution < -0.4 is 0 Å². The average molecular weight is 290 g/mol. The topological polar surface area (TPSA) is 52.6 Å². The molecule has 0 saturated carbocycles. The van der Waals surface area contributed by atoms with Crippen LogP contribution in [0.15, 0.2) is 34.4 Å². The number of allylic oxidation sites excluding steroid dienone is 2. The van der Waals surface area contributed by atoms with E-state index in [1.807, 2.05) is 19.9 Å². The maximum Gasteiger partial charge on any atom is 0.334 e. The first kappa shape index (κ1) is 15.5. The minimum Gasteiger partial charge on any atom is -0.458 e. The van der Waals surface area contributed by atoms with Crippen molar-refractivity contribution in [3.8, 4) is 0 Å². The minimum absolute atomic E-state index is 0.276. The van der Waals surface area contributed by atoms with E-state index in [0.717, 1.165) is 24.0 Å². The van der Waals surface area contributed by atoms with Gasteiger partial charge < -0.3 is 9.47 Å². The zero-order valence-corrected chi connectivity index (χ0v) is 13.1. The zero-order valence-electron chi connectivity index (χ0n) is 13.1. The lowest BCUT2D eigenvalue weighted by molar-refractivity contribution is -0.145. The van der Waals surface area contributed by atoms with Crippen LogP contribution in [0.2, 0.25) is 0 Å². The van der Waals surface area contributed by atoms with Crippen molar-refractivity contribution in [1.29, 1.82) is 0 Å². The Morgan fingerprint density at radius 3 is 2.71 bits per heavy atom. The molecule has 1 aliphatic heterocycles. The molecule has 0 N–H and O–H groups in total. The summed E-state index contributed by atoms with van der Waals surface area (Å²) >= 11 is 0. The summed E-state index contributed by atoms with van der Waals surface area (Å²) in [6.07, 6.45) is 5.78. The van der Waals surface area contributed by atoms with Crippen molar-refractivity contribution in [3.63, 3.8) is 0 Å². The standard InChI is InChI=1S/C17H22O4/c1-10-6-5-7-11(2)15(20-13(4)18)9-14-12(3)17(19)21-16(14)8-10/h7-8,15-16H,5-6,9H2,1-4H3/b10-8+,11-7+/t15-,16+/m0/s1. The second-order valence-corrected chi connectivity index (χ2v) is 5.78. The molecule has 2 atom stereocenters. The first-order valence-corrected chi connectivity index (χ1v) is 7.30. The van der Waals surface area contributed by atoms with E-state index >= 15 is 0 Å². The fraction of sp³-hybridized carbons (Fsp3) is 0.529. The molecule has 21 heavy (non-hydrogen) atoms. The van der Waals surface area contributed by atoms with E-state index in [9.17, 15) is 9.59 Å². The first-order valence-electron chi connectivity index (χ1n) is 7.30. The molecule has 0 spiro atoms. The number of ether oxygens (including phenoxy) is 2. The summed E-state index contributed by atoms with van der Waals surface area (Å²) in [5.41, 5.74) is 3.78. The molecule has 4 heteroatoms. The van der Waals surface area contributed by atoms with Crippen LogP contribution in [-0.4, -0.2) is 24.1 Å². The molecule has 0 aromatic rings. The number of esters is 2. The van der Waals surface area contributed by atoms with Crippen molar-refractivity contribution in [1.82, 2.24) is 0 Å². The molecular formula is C17H22O4. The third-order valence-corrected chi connectivity index (χ3v) is 4.03. The lowest BCUT2D eigenvalue weighted by atomic mass is 9.92. The molecule has 0 radical (unpaired) electrons. The highest BCUT2D eigenvalue weighted by molar-refractivity contribution is 5.92. The third kappa shape index (κ3) is 3.63. The Morgan fingerprint density at radius 2 is 2.05 bits per heavy atom. The predicted octanol–water partition coefficient (Wildman–Crippen LogP) is 3.24. The van der Waals surface area contributed by atoms with Gasteiger partial charge in [-0.25, -0.2) is 4.79 Å². The summed E-state index contributed by atoms with van der Waals surface area (Å²) in [6.45, 7) is 7.20. The maximum absolute atomic E-state index is 11.8. The van der Waals surface area contributed by atoms with E-state index in [1.54, 1.807) is 6.92 Å². The monoisotopic (exact) mass is 290 g/mol. The molecule has 114 valence electrons. The molecule has 0 amide bonds. The predicted molar refractivity (Wildman–Crippen MR) is 79.5 cm³/mol. The lowest BCUT2D eigenvalue weighted by Gasteiger charge is -2.22. The maximum atomic E-state index is 11.8. The number of carbonyl (C=O) groups excluding carboxylic acids is 2. The molecule has 0 fully saturated rings. The molecule has 0 aromatic heterocycles. The second kappa shape index (κ2) is 6.29. The number of hydrogen-bond donors (Lipinski definition) is 0. The first-order chi connectivity index (χ1) is 9.88. The minimum atomic E-state index is -0.323. The van der Waals surface area contributed by atoms with Crippen LogP contribution in [0.5, 0.6) is 0 Å². The normalized spacial score (nSPS) is 31.5. The van der Waals surface area contributed by atoms with Gasteiger partial charge in [0.1, 0.15) is 12.2 Å². The Bertz CT molecular complexity index is 551. The fourth-order valence-electron chi connectivity index (χ4n) is 2.72. The zero-order chi connectivity index (χ0) is 15.6. The van der Waals surface area contributed by atoms with Gasteiger partial charge in [0.2, 0.25) is 0 Å². The van der Waals surface area contributed by atoms with Gasteiger partial charge in [0, 0.05) is 18.9 Å². The Hall–Kier alpha value is -1.84. The fourth-order valence-corrected chi connectivity index (χ4v) is 2.72. The van der Waals surface area contributed by atoms with Crippen LogP contribution in [0.3, 0.4) is 0 Å². The smallest absolute Gasteiger partial charge is 0.334 e. The summed E-state index contributed by atoms with van der Waals surface area (Å²) in [5.74, 6) is -0.585. The number of carbonyl (C=O) groups is 2. The van der Waals surface area contributed by atoms with Crippen molar-refractivity contribution >= 4 is 11.9 Å². The lowest BCUT2D eigenvalue weighted by Crippen LogP contribution is -2.22. The molecule has 1 heterocycles. The van der Waals surface area contributed by atoms with Gasteiger partial charge in [-0.3, -0.25) is 4.79 Å². The van der Waals surface area contributed by atoms with Gasteiger partial charge >= 0.3 is 11.9 Å². The third-order valence-electron chi connectivity index (χ3n) is 4.03. The van der Waals surface area contributed by atoms with Crippen LogP contribution in [0.4, 0.5) is 0 Å². The Kier molecular flexibility index (Phi) is 4.66. The highest BCUT2D eigenvalue weighted by Crippen LogP contribution is 2.32. The van der Waals surface area contributed by atoms with E-state index in [2.05, 4.69) is 6.08 Å². The molecule has 0 saturated heterocycles. The second-order valence-electron chi connectivity index (χ2n) is 5.78. The number of fused-ring (bicyclic) bond motifs is 1. The Balaban J connectivity index is 2.37. The van der Waals surface area contributed by atoms with Gasteiger partial charge in [0.25, 0.3) is 0 Å². The van der Waals surface area contributed by atoms with Crippen molar-refractivity contribution in [2.45, 2.75) is 59.2 Å². The van der Waals surface area contributed by atoms with Crippen LogP contribution in [0.25, 0.3) is 0 Å². The summed E-state index contributed by atoms with van der Waals surface area (Å²) in [5, 5.41) is 0. The van der Waals surface area contributed by atoms with Crippen LogP contribution in [0, 0.1) is 0 Å². The molecule has 2 aliphatic rings. The quantitative estimate of drug-likeness (QED) is 0.549. The van der Waals surface area contributed by atoms with Gasteiger partial charge in [-0.2, -0.15) is 0 Å². The van der Waals surface area contributed by atoms with E-state index in [0.29, 0.717) is 12.0 Å². The average Bonchev–Trinajstić information content (AvgIpc) is 2.64. The summed E-state index contributed by atoms with van der Waals surface area (Å²) < 4.78 is 10.8. The summed E-state index contributed by atoms with van der Waals surface area (Å²) in [6, 6.07) is 0. The highest BCUT2D eigenvalue weighted by Gasteiger charge is 2.33. The van der Waals surface area contributed by atoms with Gasteiger partial charge in [0.05, 0.1) is 0 Å². The van der Waals surface area contributed by atoms with Crippen LogP contribution >= 0.6 is 0 Å². The van der Waals surface area contributed by atoms with Gasteiger partial charge in [-0.05, 0) is 50.8 Å². The van der Waals surface area contributed by atoms with Crippen LogP contribution in [-0.2, 0) is 19.1 Å². The molecule has 0 aromatic carbocycles. The molecule has 1 aliphatic carbocycles. The van der Waals surface area contributed by atoms with E-state index < -0.39 is 0 Å². The summed E-state index contributed by atoms with van der Waals surface area (Å²) in [7, 11) is 0. The molecular weight excluding hydrogens is 268 g/mol. The molecule has 0 bridgehead atoms.